The monoisotopic (exact) mass is 493 g/mol. The van der Waals surface area contributed by atoms with Gasteiger partial charge in [-0.05, 0) is 58.2 Å². The second-order valence-electron chi connectivity index (χ2n) is 7.29. The highest BCUT2D eigenvalue weighted by molar-refractivity contribution is 9.10. The van der Waals surface area contributed by atoms with Crippen LogP contribution in [0.25, 0.3) is 5.65 Å². The van der Waals surface area contributed by atoms with Crippen molar-refractivity contribution in [3.05, 3.63) is 98.5 Å². The Balaban J connectivity index is 1.48. The Bertz CT molecular complexity index is 1360. The molecular weight excluding hydrogens is 474 g/mol. The van der Waals surface area contributed by atoms with E-state index in [-0.39, 0.29) is 18.4 Å². The molecule has 2 amide bonds. The quantitative estimate of drug-likeness (QED) is 0.431. The number of pyridine rings is 1. The lowest BCUT2D eigenvalue weighted by Crippen LogP contribution is -2.28. The van der Waals surface area contributed by atoms with E-state index in [1.54, 1.807) is 18.2 Å². The number of rotatable bonds is 6. The van der Waals surface area contributed by atoms with Crippen LogP contribution in [0.2, 0.25) is 0 Å². The van der Waals surface area contributed by atoms with Gasteiger partial charge in [0.25, 0.3) is 5.91 Å². The van der Waals surface area contributed by atoms with E-state index in [0.717, 1.165) is 20.3 Å². The summed E-state index contributed by atoms with van der Waals surface area (Å²) in [5, 5.41) is 9.77. The largest absolute Gasteiger partial charge is 0.350 e. The highest BCUT2D eigenvalue weighted by Crippen LogP contribution is 2.23. The van der Waals surface area contributed by atoms with Gasteiger partial charge in [0.15, 0.2) is 5.65 Å². The summed E-state index contributed by atoms with van der Waals surface area (Å²) in [5.74, 6) is -0.696. The number of aryl methyl sites for hydroxylation is 1. The van der Waals surface area contributed by atoms with Crippen LogP contribution in [0.15, 0.2) is 76.1 Å². The predicted molar refractivity (Wildman–Crippen MR) is 125 cm³/mol. The maximum Gasteiger partial charge on any atom is 0.350 e. The summed E-state index contributed by atoms with van der Waals surface area (Å²) >= 11 is 3.41. The molecule has 0 spiro atoms. The van der Waals surface area contributed by atoms with Gasteiger partial charge in [-0.25, -0.2) is 13.9 Å². The topological polar surface area (TPSA) is 97.5 Å². The molecule has 0 saturated carbocycles. The molecule has 2 N–H and O–H groups in total. The van der Waals surface area contributed by atoms with E-state index < -0.39 is 5.69 Å². The molecule has 0 atom stereocenters. The highest BCUT2D eigenvalue weighted by Gasteiger charge is 2.14. The standard InChI is InChI=1S/C23H20BrN5O3/c1-15-7-9-19(18(24)11-15)26-21(30)14-29-23(32)28-13-17(8-10-20(28)27-29)22(31)25-12-16-5-3-2-4-6-16/h2-11,13H,12,14H2,1H3,(H,25,31)(H,26,30). The molecule has 162 valence electrons. The van der Waals surface area contributed by atoms with Crippen molar-refractivity contribution < 1.29 is 9.59 Å². The van der Waals surface area contributed by atoms with Gasteiger partial charge in [0, 0.05) is 17.2 Å². The minimum atomic E-state index is -0.504. The van der Waals surface area contributed by atoms with Crippen LogP contribution in [0.1, 0.15) is 21.5 Å². The zero-order valence-corrected chi connectivity index (χ0v) is 18.8. The van der Waals surface area contributed by atoms with Crippen molar-refractivity contribution in [1.82, 2.24) is 19.5 Å². The summed E-state index contributed by atoms with van der Waals surface area (Å²) in [6.07, 6.45) is 1.43. The zero-order chi connectivity index (χ0) is 22.7. The molecule has 0 aliphatic carbocycles. The lowest BCUT2D eigenvalue weighted by atomic mass is 10.2. The number of aromatic nitrogens is 3. The summed E-state index contributed by atoms with van der Waals surface area (Å²) in [6.45, 7) is 2.07. The van der Waals surface area contributed by atoms with Crippen molar-refractivity contribution in [1.29, 1.82) is 0 Å². The van der Waals surface area contributed by atoms with Gasteiger partial charge in [-0.15, -0.1) is 5.10 Å². The molecule has 0 bridgehead atoms. The van der Waals surface area contributed by atoms with Crippen LogP contribution in [0.3, 0.4) is 0 Å². The first-order valence-electron chi connectivity index (χ1n) is 9.88. The van der Waals surface area contributed by atoms with Crippen molar-refractivity contribution >= 4 is 39.1 Å². The van der Waals surface area contributed by atoms with E-state index in [1.165, 1.54) is 10.6 Å². The average Bonchev–Trinajstić information content (AvgIpc) is 3.09. The third-order valence-corrected chi connectivity index (χ3v) is 5.48. The van der Waals surface area contributed by atoms with E-state index in [1.807, 2.05) is 49.4 Å². The molecule has 4 rings (SSSR count). The van der Waals surface area contributed by atoms with Crippen LogP contribution in [0.5, 0.6) is 0 Å². The predicted octanol–water partition coefficient (Wildman–Crippen LogP) is 3.14. The first kappa shape index (κ1) is 21.5. The minimum absolute atomic E-state index is 0.254. The number of halogens is 1. The van der Waals surface area contributed by atoms with Crippen molar-refractivity contribution in [3.63, 3.8) is 0 Å². The average molecular weight is 494 g/mol. The smallest absolute Gasteiger partial charge is 0.348 e. The molecule has 0 radical (unpaired) electrons. The number of anilines is 1. The maximum absolute atomic E-state index is 12.7. The van der Waals surface area contributed by atoms with Gasteiger partial charge in [0.2, 0.25) is 5.91 Å². The molecule has 0 aliphatic heterocycles. The van der Waals surface area contributed by atoms with E-state index >= 15 is 0 Å². The normalized spacial score (nSPS) is 10.8. The van der Waals surface area contributed by atoms with E-state index in [9.17, 15) is 14.4 Å². The number of amides is 2. The molecule has 0 aliphatic rings. The molecule has 2 heterocycles. The number of nitrogens with one attached hydrogen (secondary N) is 2. The number of fused-ring (bicyclic) bond motifs is 1. The summed E-state index contributed by atoms with van der Waals surface area (Å²) in [4.78, 5) is 37.7. The Hall–Kier alpha value is -3.72. The molecule has 0 saturated heterocycles. The Morgan fingerprint density at radius 3 is 2.59 bits per heavy atom. The van der Waals surface area contributed by atoms with Crippen molar-refractivity contribution in [2.24, 2.45) is 0 Å². The summed E-state index contributed by atoms with van der Waals surface area (Å²) in [5.41, 5.74) is 2.79. The first-order valence-corrected chi connectivity index (χ1v) is 10.7. The Morgan fingerprint density at radius 2 is 1.84 bits per heavy atom. The Kier molecular flexibility index (Phi) is 6.18. The first-order chi connectivity index (χ1) is 15.4. The summed E-state index contributed by atoms with van der Waals surface area (Å²) in [7, 11) is 0. The zero-order valence-electron chi connectivity index (χ0n) is 17.2. The van der Waals surface area contributed by atoms with Gasteiger partial charge in [0.1, 0.15) is 6.54 Å². The second-order valence-corrected chi connectivity index (χ2v) is 8.14. The third-order valence-electron chi connectivity index (χ3n) is 4.83. The fourth-order valence-electron chi connectivity index (χ4n) is 3.18. The lowest BCUT2D eigenvalue weighted by Gasteiger charge is -2.07. The number of hydrogen-bond donors (Lipinski definition) is 2. The number of benzene rings is 2. The van der Waals surface area contributed by atoms with Crippen LogP contribution in [-0.2, 0) is 17.9 Å². The maximum atomic E-state index is 12.7. The van der Waals surface area contributed by atoms with Gasteiger partial charge < -0.3 is 10.6 Å². The Morgan fingerprint density at radius 1 is 1.06 bits per heavy atom. The molecule has 4 aromatic rings. The van der Waals surface area contributed by atoms with Gasteiger partial charge in [-0.2, -0.15) is 0 Å². The van der Waals surface area contributed by atoms with Gasteiger partial charge in [-0.1, -0.05) is 36.4 Å². The fraction of sp³-hybridized carbons (Fsp3) is 0.130. The van der Waals surface area contributed by atoms with Crippen LogP contribution in [-0.4, -0.2) is 26.0 Å². The Labute approximate surface area is 192 Å². The lowest BCUT2D eigenvalue weighted by molar-refractivity contribution is -0.117. The highest BCUT2D eigenvalue weighted by atomic mass is 79.9. The molecule has 2 aromatic heterocycles. The molecule has 8 nitrogen and oxygen atoms in total. The number of carbonyl (C=O) groups excluding carboxylic acids is 2. The van der Waals surface area contributed by atoms with E-state index in [4.69, 9.17) is 0 Å². The summed E-state index contributed by atoms with van der Waals surface area (Å²) in [6, 6.07) is 18.2. The van der Waals surface area contributed by atoms with Crippen molar-refractivity contribution in [3.8, 4) is 0 Å². The molecule has 2 aromatic carbocycles. The molecule has 9 heteroatoms. The van der Waals surface area contributed by atoms with Crippen molar-refractivity contribution in [2.45, 2.75) is 20.0 Å². The van der Waals surface area contributed by atoms with Gasteiger partial charge in [0.05, 0.1) is 11.3 Å². The van der Waals surface area contributed by atoms with Crippen molar-refractivity contribution in [2.75, 3.05) is 5.32 Å². The van der Waals surface area contributed by atoms with Crippen LogP contribution < -0.4 is 16.3 Å². The number of nitrogens with zero attached hydrogens (tertiary/aromatic N) is 3. The summed E-state index contributed by atoms with van der Waals surface area (Å²) < 4.78 is 3.07. The van der Waals surface area contributed by atoms with Crippen LogP contribution in [0.4, 0.5) is 5.69 Å². The number of carbonyl (C=O) groups is 2. The minimum Gasteiger partial charge on any atom is -0.348 e. The molecule has 0 fully saturated rings. The van der Waals surface area contributed by atoms with Gasteiger partial charge >= 0.3 is 5.69 Å². The SMILES string of the molecule is Cc1ccc(NC(=O)Cn2nc3ccc(C(=O)NCc4ccccc4)cn3c2=O)c(Br)c1. The molecule has 0 unspecified atom stereocenters. The fourth-order valence-corrected chi connectivity index (χ4v) is 3.78. The third kappa shape index (κ3) is 4.78. The van der Waals surface area contributed by atoms with Crippen LogP contribution >= 0.6 is 15.9 Å². The van der Waals surface area contributed by atoms with E-state index in [2.05, 4.69) is 31.7 Å². The van der Waals surface area contributed by atoms with E-state index in [0.29, 0.717) is 23.4 Å². The van der Waals surface area contributed by atoms with Gasteiger partial charge in [-0.3, -0.25) is 9.59 Å². The molecular formula is C23H20BrN5O3. The second kappa shape index (κ2) is 9.19. The number of hydrogen-bond acceptors (Lipinski definition) is 4. The molecule has 32 heavy (non-hydrogen) atoms. The van der Waals surface area contributed by atoms with Crippen LogP contribution in [0, 0.1) is 6.92 Å².